The molecular weight excluding hydrogens is 366 g/mol. The zero-order valence-electron chi connectivity index (χ0n) is 17.2. The fourth-order valence-electron chi connectivity index (χ4n) is 3.78. The van der Waals surface area contributed by atoms with Crippen molar-refractivity contribution in [2.24, 2.45) is 0 Å². The van der Waals surface area contributed by atoms with Crippen molar-refractivity contribution in [1.82, 2.24) is 24.3 Å². The Kier molecular flexibility index (Phi) is 5.40. The summed E-state index contributed by atoms with van der Waals surface area (Å²) >= 11 is 0. The predicted octanol–water partition coefficient (Wildman–Crippen LogP) is 2.83. The molecule has 0 radical (unpaired) electrons. The molecule has 1 aromatic heterocycles. The first kappa shape index (κ1) is 19.3. The van der Waals surface area contributed by atoms with E-state index in [1.54, 1.807) is 26.1 Å². The predicted molar refractivity (Wildman–Crippen MR) is 114 cm³/mol. The van der Waals surface area contributed by atoms with Gasteiger partial charge < -0.3 is 14.5 Å². The first-order valence-electron chi connectivity index (χ1n) is 9.86. The van der Waals surface area contributed by atoms with Crippen LogP contribution in [0.15, 0.2) is 48.5 Å². The van der Waals surface area contributed by atoms with Gasteiger partial charge in [0.1, 0.15) is 11.6 Å². The normalized spacial score (nSPS) is 14.9. The Morgan fingerprint density at radius 1 is 1.03 bits per heavy atom. The number of urea groups is 1. The molecule has 2 heterocycles. The number of methoxy groups -OCH3 is 1. The minimum Gasteiger partial charge on any atom is -0.497 e. The molecule has 152 valence electrons. The van der Waals surface area contributed by atoms with Crippen LogP contribution in [0.25, 0.3) is 16.7 Å². The fourth-order valence-corrected chi connectivity index (χ4v) is 3.78. The van der Waals surface area contributed by atoms with Gasteiger partial charge in [-0.05, 0) is 36.4 Å². The summed E-state index contributed by atoms with van der Waals surface area (Å²) in [6.45, 7) is 3.89. The van der Waals surface area contributed by atoms with Gasteiger partial charge in [0.25, 0.3) is 0 Å². The van der Waals surface area contributed by atoms with Crippen molar-refractivity contribution >= 4 is 17.1 Å². The third kappa shape index (κ3) is 3.91. The monoisotopic (exact) mass is 393 g/mol. The molecule has 1 fully saturated rings. The van der Waals surface area contributed by atoms with E-state index in [0.717, 1.165) is 61.0 Å². The van der Waals surface area contributed by atoms with E-state index in [-0.39, 0.29) is 6.03 Å². The van der Waals surface area contributed by atoms with Gasteiger partial charge in [-0.1, -0.05) is 12.1 Å². The van der Waals surface area contributed by atoms with Gasteiger partial charge in [0, 0.05) is 46.0 Å². The molecule has 29 heavy (non-hydrogen) atoms. The number of benzene rings is 2. The lowest BCUT2D eigenvalue weighted by Crippen LogP contribution is -2.51. The third-order valence-corrected chi connectivity index (χ3v) is 5.35. The molecule has 0 atom stereocenters. The summed E-state index contributed by atoms with van der Waals surface area (Å²) in [7, 11) is 5.27. The molecule has 0 unspecified atom stereocenters. The molecule has 0 saturated carbocycles. The van der Waals surface area contributed by atoms with Gasteiger partial charge in [0.05, 0.1) is 24.7 Å². The van der Waals surface area contributed by atoms with Gasteiger partial charge in [-0.2, -0.15) is 0 Å². The molecular formula is C22H27N5O2. The van der Waals surface area contributed by atoms with Crippen molar-refractivity contribution in [2.45, 2.75) is 6.54 Å². The summed E-state index contributed by atoms with van der Waals surface area (Å²) in [4.78, 5) is 23.0. The maximum Gasteiger partial charge on any atom is 0.319 e. The zero-order valence-corrected chi connectivity index (χ0v) is 17.2. The first-order valence-corrected chi connectivity index (χ1v) is 9.86. The Labute approximate surface area is 171 Å². The molecule has 2 amide bonds. The van der Waals surface area contributed by atoms with E-state index in [1.165, 1.54) is 0 Å². The Balaban J connectivity index is 1.58. The number of ether oxygens (including phenoxy) is 1. The van der Waals surface area contributed by atoms with E-state index >= 15 is 0 Å². The van der Waals surface area contributed by atoms with Crippen LogP contribution in [0.1, 0.15) is 5.82 Å². The molecule has 1 saturated heterocycles. The molecule has 1 aliphatic heterocycles. The molecule has 1 aliphatic rings. The van der Waals surface area contributed by atoms with Crippen molar-refractivity contribution in [3.8, 4) is 11.4 Å². The Bertz CT molecular complexity index is 988. The molecule has 0 aliphatic carbocycles. The summed E-state index contributed by atoms with van der Waals surface area (Å²) in [6, 6.07) is 16.3. The number of hydrogen-bond acceptors (Lipinski definition) is 4. The highest BCUT2D eigenvalue weighted by Crippen LogP contribution is 2.24. The van der Waals surface area contributed by atoms with E-state index in [9.17, 15) is 4.79 Å². The molecule has 3 aromatic rings. The molecule has 0 N–H and O–H groups in total. The van der Waals surface area contributed by atoms with Crippen LogP contribution in [0.4, 0.5) is 4.79 Å². The lowest BCUT2D eigenvalue weighted by molar-refractivity contribution is 0.118. The molecule has 7 nitrogen and oxygen atoms in total. The molecule has 7 heteroatoms. The first-order chi connectivity index (χ1) is 14.1. The summed E-state index contributed by atoms with van der Waals surface area (Å²) < 4.78 is 7.52. The van der Waals surface area contributed by atoms with Gasteiger partial charge in [-0.25, -0.2) is 9.78 Å². The standard InChI is InChI=1S/C22H27N5O2/c1-24(2)22(28)26-14-12-25(13-15-26)16-21-23-19-6-4-5-7-20(19)27(21)17-8-10-18(29-3)11-9-17/h4-11H,12-16H2,1-3H3. The average molecular weight is 393 g/mol. The number of carbonyl (C=O) groups excluding carboxylic acids is 1. The molecule has 0 spiro atoms. The Morgan fingerprint density at radius 3 is 2.38 bits per heavy atom. The van der Waals surface area contributed by atoms with Gasteiger partial charge in [0.2, 0.25) is 0 Å². The van der Waals surface area contributed by atoms with Crippen molar-refractivity contribution in [3.05, 3.63) is 54.4 Å². The number of carbonyl (C=O) groups is 1. The maximum atomic E-state index is 12.2. The summed E-state index contributed by atoms with van der Waals surface area (Å²) in [5, 5.41) is 0. The van der Waals surface area contributed by atoms with E-state index in [4.69, 9.17) is 9.72 Å². The second-order valence-electron chi connectivity index (χ2n) is 7.49. The largest absolute Gasteiger partial charge is 0.497 e. The molecule has 4 rings (SSSR count). The minimum absolute atomic E-state index is 0.0788. The van der Waals surface area contributed by atoms with E-state index < -0.39 is 0 Å². The molecule has 2 aromatic carbocycles. The summed E-state index contributed by atoms with van der Waals surface area (Å²) in [6.07, 6.45) is 0. The SMILES string of the molecule is COc1ccc(-n2c(CN3CCN(C(=O)N(C)C)CC3)nc3ccccc32)cc1. The zero-order chi connectivity index (χ0) is 20.4. The Hall–Kier alpha value is -3.06. The number of para-hydroxylation sites is 2. The minimum atomic E-state index is 0.0788. The van der Waals surface area contributed by atoms with Crippen LogP contribution in [0.5, 0.6) is 5.75 Å². The molecule has 0 bridgehead atoms. The highest BCUT2D eigenvalue weighted by Gasteiger charge is 2.24. The van der Waals surface area contributed by atoms with Gasteiger partial charge in [0.15, 0.2) is 0 Å². The third-order valence-electron chi connectivity index (χ3n) is 5.35. The number of hydrogen-bond donors (Lipinski definition) is 0. The number of amides is 2. The van der Waals surface area contributed by atoms with Crippen LogP contribution in [-0.2, 0) is 6.54 Å². The number of aromatic nitrogens is 2. The highest BCUT2D eigenvalue weighted by molar-refractivity contribution is 5.78. The number of nitrogens with zero attached hydrogens (tertiary/aromatic N) is 5. The lowest BCUT2D eigenvalue weighted by Gasteiger charge is -2.35. The van der Waals surface area contributed by atoms with Crippen molar-refractivity contribution in [2.75, 3.05) is 47.4 Å². The second kappa shape index (κ2) is 8.13. The summed E-state index contributed by atoms with van der Waals surface area (Å²) in [5.41, 5.74) is 3.14. The number of fused-ring (bicyclic) bond motifs is 1. The lowest BCUT2D eigenvalue weighted by atomic mass is 10.2. The second-order valence-corrected chi connectivity index (χ2v) is 7.49. The van der Waals surface area contributed by atoms with E-state index in [2.05, 4.69) is 27.7 Å². The van der Waals surface area contributed by atoms with Crippen LogP contribution in [0.3, 0.4) is 0 Å². The number of imidazole rings is 1. The number of rotatable bonds is 4. The van der Waals surface area contributed by atoms with Crippen LogP contribution in [0, 0.1) is 0 Å². The van der Waals surface area contributed by atoms with Crippen molar-refractivity contribution in [3.63, 3.8) is 0 Å². The maximum absolute atomic E-state index is 12.2. The van der Waals surface area contributed by atoms with Crippen LogP contribution >= 0.6 is 0 Å². The van der Waals surface area contributed by atoms with Crippen molar-refractivity contribution in [1.29, 1.82) is 0 Å². The Morgan fingerprint density at radius 2 is 1.72 bits per heavy atom. The van der Waals surface area contributed by atoms with E-state index in [1.807, 2.05) is 35.2 Å². The van der Waals surface area contributed by atoms with Crippen molar-refractivity contribution < 1.29 is 9.53 Å². The van der Waals surface area contributed by atoms with Gasteiger partial charge >= 0.3 is 6.03 Å². The van der Waals surface area contributed by atoms with Crippen LogP contribution in [0.2, 0.25) is 0 Å². The highest BCUT2D eigenvalue weighted by atomic mass is 16.5. The quantitative estimate of drug-likeness (QED) is 0.684. The van der Waals surface area contributed by atoms with Gasteiger partial charge in [-0.15, -0.1) is 0 Å². The van der Waals surface area contributed by atoms with Crippen LogP contribution in [-0.4, -0.2) is 77.7 Å². The topological polar surface area (TPSA) is 53.8 Å². The fraction of sp³-hybridized carbons (Fsp3) is 0.364. The smallest absolute Gasteiger partial charge is 0.319 e. The van der Waals surface area contributed by atoms with Crippen LogP contribution < -0.4 is 4.74 Å². The summed E-state index contributed by atoms with van der Waals surface area (Å²) in [5.74, 6) is 1.84. The van der Waals surface area contributed by atoms with E-state index in [0.29, 0.717) is 0 Å². The van der Waals surface area contributed by atoms with Gasteiger partial charge in [-0.3, -0.25) is 9.47 Å². The average Bonchev–Trinajstić information content (AvgIpc) is 3.11. The number of piperazine rings is 1.